The molecule has 4 heteroatoms. The maximum atomic E-state index is 12.4. The molecule has 1 heterocycles. The van der Waals surface area contributed by atoms with E-state index in [1.54, 1.807) is 0 Å². The third-order valence-corrected chi connectivity index (χ3v) is 4.55. The second-order valence-electron chi connectivity index (χ2n) is 5.68. The van der Waals surface area contributed by atoms with Crippen LogP contribution in [0.4, 0.5) is 0 Å². The zero-order valence-corrected chi connectivity index (χ0v) is 13.6. The van der Waals surface area contributed by atoms with E-state index in [9.17, 15) is 4.79 Å². The van der Waals surface area contributed by atoms with Crippen LogP contribution in [0.25, 0.3) is 0 Å². The lowest BCUT2D eigenvalue weighted by molar-refractivity contribution is -0.132. The maximum Gasteiger partial charge on any atom is 0.223 e. The largest absolute Gasteiger partial charge is 0.336 e. The molecule has 3 nitrogen and oxygen atoms in total. The fraction of sp³-hybridized carbons (Fsp3) is 0.562. The van der Waals surface area contributed by atoms with Crippen molar-refractivity contribution < 1.29 is 4.79 Å². The molecule has 1 aliphatic heterocycles. The second-order valence-corrected chi connectivity index (χ2v) is 6.60. The molecule has 0 bridgehead atoms. The first-order chi connectivity index (χ1) is 9.61. The third kappa shape index (κ3) is 3.83. The highest BCUT2D eigenvalue weighted by Gasteiger charge is 2.29. The number of nitrogens with two attached hydrogens (primary N) is 1. The van der Waals surface area contributed by atoms with Crippen molar-refractivity contribution >= 4 is 21.8 Å². The van der Waals surface area contributed by atoms with Crippen molar-refractivity contribution in [1.29, 1.82) is 0 Å². The molecule has 1 saturated heterocycles. The van der Waals surface area contributed by atoms with Crippen LogP contribution in [-0.2, 0) is 4.79 Å². The Morgan fingerprint density at radius 3 is 3.05 bits per heavy atom. The number of benzene rings is 1. The van der Waals surface area contributed by atoms with Crippen LogP contribution in [0.2, 0.25) is 0 Å². The number of nitrogens with zero attached hydrogens (tertiary/aromatic N) is 1. The van der Waals surface area contributed by atoms with E-state index in [-0.39, 0.29) is 11.9 Å². The zero-order chi connectivity index (χ0) is 14.5. The minimum atomic E-state index is 0.244. The lowest BCUT2D eigenvalue weighted by atomic mass is 10.0. The van der Waals surface area contributed by atoms with E-state index < -0.39 is 0 Å². The summed E-state index contributed by atoms with van der Waals surface area (Å²) < 4.78 is 1.08. The van der Waals surface area contributed by atoms with Crippen LogP contribution < -0.4 is 5.73 Å². The highest BCUT2D eigenvalue weighted by atomic mass is 79.9. The van der Waals surface area contributed by atoms with Crippen molar-refractivity contribution in [3.63, 3.8) is 0 Å². The van der Waals surface area contributed by atoms with E-state index in [0.717, 1.165) is 30.3 Å². The molecule has 1 aromatic rings. The molecule has 20 heavy (non-hydrogen) atoms. The fourth-order valence-electron chi connectivity index (χ4n) is 2.76. The molecular weight excluding hydrogens is 316 g/mol. The fourth-order valence-corrected chi connectivity index (χ4v) is 3.17. The summed E-state index contributed by atoms with van der Waals surface area (Å²) in [5.74, 6) is 0.693. The van der Waals surface area contributed by atoms with Crippen LogP contribution in [0.15, 0.2) is 28.7 Å². The molecule has 0 aromatic heterocycles. The first kappa shape index (κ1) is 15.5. The van der Waals surface area contributed by atoms with Crippen molar-refractivity contribution in [2.24, 2.45) is 11.7 Å². The van der Waals surface area contributed by atoms with E-state index in [1.165, 1.54) is 5.56 Å². The van der Waals surface area contributed by atoms with Crippen LogP contribution >= 0.6 is 15.9 Å². The topological polar surface area (TPSA) is 46.3 Å². The number of halogens is 1. The number of amides is 1. The monoisotopic (exact) mass is 338 g/mol. The minimum Gasteiger partial charge on any atom is -0.336 e. The van der Waals surface area contributed by atoms with Crippen LogP contribution in [0.5, 0.6) is 0 Å². The number of carbonyl (C=O) groups is 1. The predicted octanol–water partition coefficient (Wildman–Crippen LogP) is 3.49. The molecule has 2 N–H and O–H groups in total. The van der Waals surface area contributed by atoms with E-state index in [4.69, 9.17) is 5.73 Å². The predicted molar refractivity (Wildman–Crippen MR) is 85.3 cm³/mol. The normalized spacial score (nSPS) is 20.1. The molecular formula is C16H23BrN2O. The average Bonchev–Trinajstić information content (AvgIpc) is 2.93. The van der Waals surface area contributed by atoms with Crippen molar-refractivity contribution in [2.75, 3.05) is 13.1 Å². The van der Waals surface area contributed by atoms with Crippen LogP contribution in [0, 0.1) is 5.92 Å². The molecule has 0 spiro atoms. The molecule has 2 rings (SSSR count). The maximum absolute atomic E-state index is 12.4. The molecule has 0 saturated carbocycles. The summed E-state index contributed by atoms with van der Waals surface area (Å²) in [6.45, 7) is 3.64. The number of hydrogen-bond donors (Lipinski definition) is 1. The van der Waals surface area contributed by atoms with Crippen molar-refractivity contribution in [1.82, 2.24) is 4.90 Å². The van der Waals surface area contributed by atoms with Gasteiger partial charge in [0.15, 0.2) is 0 Å². The summed E-state index contributed by atoms with van der Waals surface area (Å²) in [7, 11) is 0. The van der Waals surface area contributed by atoms with E-state index in [1.807, 2.05) is 17.0 Å². The molecule has 2 unspecified atom stereocenters. The zero-order valence-electron chi connectivity index (χ0n) is 12.0. The third-order valence-electron chi connectivity index (χ3n) is 4.06. The van der Waals surface area contributed by atoms with Gasteiger partial charge in [0.1, 0.15) is 0 Å². The Hall–Kier alpha value is -0.870. The standard InChI is InChI=1S/C16H23BrN2O/c1-12(11-18)7-8-16(20)19-9-3-6-15(19)13-4-2-5-14(17)10-13/h2,4-5,10,12,15H,3,6-9,11,18H2,1H3. The Labute approximate surface area is 129 Å². The Morgan fingerprint density at radius 2 is 2.35 bits per heavy atom. The van der Waals surface area contributed by atoms with Gasteiger partial charge in [0.05, 0.1) is 6.04 Å². The van der Waals surface area contributed by atoms with E-state index >= 15 is 0 Å². The summed E-state index contributed by atoms with van der Waals surface area (Å²) in [5, 5.41) is 0. The van der Waals surface area contributed by atoms with Gasteiger partial charge in [0.25, 0.3) is 0 Å². The number of carbonyl (C=O) groups excluding carboxylic acids is 1. The Morgan fingerprint density at radius 1 is 1.55 bits per heavy atom. The number of hydrogen-bond acceptors (Lipinski definition) is 2. The SMILES string of the molecule is CC(CN)CCC(=O)N1CCCC1c1cccc(Br)c1. The molecule has 110 valence electrons. The summed E-state index contributed by atoms with van der Waals surface area (Å²) in [5.41, 5.74) is 6.85. The van der Waals surface area contributed by atoms with Crippen molar-refractivity contribution in [3.05, 3.63) is 34.3 Å². The number of rotatable bonds is 5. The summed E-state index contributed by atoms with van der Waals surface area (Å²) in [6.07, 6.45) is 3.66. The van der Waals surface area contributed by atoms with Crippen molar-refractivity contribution in [2.45, 2.75) is 38.6 Å². The Bertz CT molecular complexity index is 464. The summed E-state index contributed by atoms with van der Waals surface area (Å²) >= 11 is 3.51. The van der Waals surface area contributed by atoms with Gasteiger partial charge >= 0.3 is 0 Å². The van der Waals surface area contributed by atoms with Gasteiger partial charge in [-0.3, -0.25) is 4.79 Å². The van der Waals surface area contributed by atoms with Crippen LogP contribution in [0.3, 0.4) is 0 Å². The van der Waals surface area contributed by atoms with Gasteiger partial charge in [-0.15, -0.1) is 0 Å². The highest BCUT2D eigenvalue weighted by Crippen LogP contribution is 2.33. The Kier molecular flexibility index (Phi) is 5.61. The number of likely N-dealkylation sites (tertiary alicyclic amines) is 1. The molecule has 1 amide bonds. The highest BCUT2D eigenvalue weighted by molar-refractivity contribution is 9.10. The van der Waals surface area contributed by atoms with Crippen LogP contribution in [-0.4, -0.2) is 23.9 Å². The van der Waals surface area contributed by atoms with Gasteiger partial charge < -0.3 is 10.6 Å². The van der Waals surface area contributed by atoms with Gasteiger partial charge in [-0.05, 0) is 49.4 Å². The molecule has 2 atom stereocenters. The molecule has 1 fully saturated rings. The van der Waals surface area contributed by atoms with Crippen molar-refractivity contribution in [3.8, 4) is 0 Å². The molecule has 1 aliphatic rings. The molecule has 0 radical (unpaired) electrons. The lowest BCUT2D eigenvalue weighted by Gasteiger charge is -2.26. The first-order valence-corrected chi connectivity index (χ1v) is 8.16. The van der Waals surface area contributed by atoms with Gasteiger partial charge in [0.2, 0.25) is 5.91 Å². The van der Waals surface area contributed by atoms with Crippen LogP contribution in [0.1, 0.15) is 44.2 Å². The van der Waals surface area contributed by atoms with E-state index in [0.29, 0.717) is 18.9 Å². The summed E-state index contributed by atoms with van der Waals surface area (Å²) in [4.78, 5) is 14.5. The van der Waals surface area contributed by atoms with Gasteiger partial charge in [-0.2, -0.15) is 0 Å². The van der Waals surface area contributed by atoms with Gasteiger partial charge in [-0.1, -0.05) is 35.0 Å². The molecule has 0 aliphatic carbocycles. The Balaban J connectivity index is 2.02. The molecule has 1 aromatic carbocycles. The lowest BCUT2D eigenvalue weighted by Crippen LogP contribution is -2.31. The van der Waals surface area contributed by atoms with Gasteiger partial charge in [-0.25, -0.2) is 0 Å². The smallest absolute Gasteiger partial charge is 0.223 e. The van der Waals surface area contributed by atoms with Gasteiger partial charge in [0, 0.05) is 17.4 Å². The first-order valence-electron chi connectivity index (χ1n) is 7.37. The van der Waals surface area contributed by atoms with E-state index in [2.05, 4.69) is 35.0 Å². The summed E-state index contributed by atoms with van der Waals surface area (Å²) in [6, 6.07) is 8.54. The minimum absolute atomic E-state index is 0.244. The quantitative estimate of drug-likeness (QED) is 0.893. The average molecular weight is 339 g/mol. The second kappa shape index (κ2) is 7.23.